The van der Waals surface area contributed by atoms with Crippen molar-refractivity contribution in [3.8, 4) is 0 Å². The van der Waals surface area contributed by atoms with Crippen LogP contribution in [0, 0.1) is 5.41 Å². The maximum atomic E-state index is 12.4. The first kappa shape index (κ1) is 12.2. The van der Waals surface area contributed by atoms with Crippen LogP contribution in [0.15, 0.2) is 5.16 Å². The minimum absolute atomic E-state index is 0.0277. The molecule has 2 aliphatic rings. The first-order valence-electron chi connectivity index (χ1n) is 6.05. The number of nitrogens with zero attached hydrogens (tertiary/aromatic N) is 2. The second-order valence-electron chi connectivity index (χ2n) is 4.94. The van der Waals surface area contributed by atoms with E-state index in [9.17, 15) is 9.90 Å². The summed E-state index contributed by atoms with van der Waals surface area (Å²) in [6.45, 7) is 1.11. The van der Waals surface area contributed by atoms with Gasteiger partial charge in [0.05, 0.1) is 6.10 Å². The van der Waals surface area contributed by atoms with Gasteiger partial charge >= 0.3 is 0 Å². The van der Waals surface area contributed by atoms with Gasteiger partial charge in [0.1, 0.15) is 5.41 Å². The molecule has 1 amide bonds. The van der Waals surface area contributed by atoms with Crippen LogP contribution in [0.4, 0.5) is 0 Å². The molecule has 0 aromatic heterocycles. The highest BCUT2D eigenvalue weighted by Gasteiger charge is 2.50. The summed E-state index contributed by atoms with van der Waals surface area (Å²) in [6.07, 6.45) is 3.15. The average Bonchev–Trinajstić information content (AvgIpc) is 2.28. The molecule has 6 heteroatoms. The molecule has 6 nitrogen and oxygen atoms in total. The van der Waals surface area contributed by atoms with E-state index >= 15 is 0 Å². The number of aliphatic hydroxyl groups excluding tert-OH is 1. The molecule has 0 unspecified atom stereocenters. The molecule has 2 rings (SSSR count). The predicted octanol–water partition coefficient (Wildman–Crippen LogP) is -0.114. The Morgan fingerprint density at radius 2 is 1.94 bits per heavy atom. The minimum Gasteiger partial charge on any atom is -0.409 e. The van der Waals surface area contributed by atoms with Crippen LogP contribution >= 0.6 is 0 Å². The van der Waals surface area contributed by atoms with Gasteiger partial charge in [-0.1, -0.05) is 11.6 Å². The van der Waals surface area contributed by atoms with Crippen LogP contribution in [-0.2, 0) is 4.79 Å². The number of oxime groups is 1. The summed E-state index contributed by atoms with van der Waals surface area (Å²) in [5, 5.41) is 21.2. The highest BCUT2D eigenvalue weighted by atomic mass is 16.4. The number of likely N-dealkylation sites (tertiary alicyclic amines) is 1. The zero-order chi connectivity index (χ0) is 12.5. The van der Waals surface area contributed by atoms with Gasteiger partial charge in [0, 0.05) is 13.1 Å². The molecule has 0 bridgehead atoms. The Labute approximate surface area is 100 Å². The second kappa shape index (κ2) is 4.52. The number of nitrogens with two attached hydrogens (primary N) is 1. The van der Waals surface area contributed by atoms with Gasteiger partial charge in [0.15, 0.2) is 5.84 Å². The third-order valence-electron chi connectivity index (χ3n) is 3.97. The van der Waals surface area contributed by atoms with Crippen molar-refractivity contribution < 1.29 is 15.1 Å². The topological polar surface area (TPSA) is 99.2 Å². The van der Waals surface area contributed by atoms with Crippen molar-refractivity contribution in [2.75, 3.05) is 13.1 Å². The summed E-state index contributed by atoms with van der Waals surface area (Å²) >= 11 is 0. The Morgan fingerprint density at radius 3 is 2.35 bits per heavy atom. The fourth-order valence-electron chi connectivity index (χ4n) is 2.58. The number of hydrogen-bond donors (Lipinski definition) is 3. The third kappa shape index (κ3) is 1.97. The number of amides is 1. The van der Waals surface area contributed by atoms with Crippen molar-refractivity contribution in [3.05, 3.63) is 0 Å². The second-order valence-corrected chi connectivity index (χ2v) is 4.94. The van der Waals surface area contributed by atoms with Crippen LogP contribution in [0.3, 0.4) is 0 Å². The van der Waals surface area contributed by atoms with E-state index in [0.29, 0.717) is 38.8 Å². The number of carbonyl (C=O) groups is 1. The first-order valence-corrected chi connectivity index (χ1v) is 6.05. The number of hydrogen-bond acceptors (Lipinski definition) is 4. The zero-order valence-corrected chi connectivity index (χ0v) is 9.80. The summed E-state index contributed by atoms with van der Waals surface area (Å²) in [4.78, 5) is 14.1. The predicted molar refractivity (Wildman–Crippen MR) is 61.5 cm³/mol. The normalized spacial score (nSPS) is 25.5. The average molecular weight is 241 g/mol. The van der Waals surface area contributed by atoms with E-state index in [1.165, 1.54) is 0 Å². The van der Waals surface area contributed by atoms with Gasteiger partial charge in [-0.2, -0.15) is 0 Å². The van der Waals surface area contributed by atoms with Crippen molar-refractivity contribution in [2.45, 2.75) is 38.2 Å². The van der Waals surface area contributed by atoms with Crippen molar-refractivity contribution >= 4 is 11.7 Å². The van der Waals surface area contributed by atoms with E-state index in [2.05, 4.69) is 5.16 Å². The fourth-order valence-corrected chi connectivity index (χ4v) is 2.58. The maximum absolute atomic E-state index is 12.4. The standard InChI is InChI=1S/C11H19N3O3/c12-9(13-17)11(4-1-5-11)10(16)14-6-2-8(15)3-7-14/h8,15,17H,1-7H2,(H2,12,13). The summed E-state index contributed by atoms with van der Waals surface area (Å²) in [7, 11) is 0. The molecule has 96 valence electrons. The lowest BCUT2D eigenvalue weighted by Crippen LogP contribution is -2.56. The molecule has 1 saturated carbocycles. The third-order valence-corrected chi connectivity index (χ3v) is 3.97. The van der Waals surface area contributed by atoms with E-state index < -0.39 is 5.41 Å². The Morgan fingerprint density at radius 1 is 1.35 bits per heavy atom. The highest BCUT2D eigenvalue weighted by Crippen LogP contribution is 2.43. The summed E-state index contributed by atoms with van der Waals surface area (Å²) in [5.41, 5.74) is 4.87. The Hall–Kier alpha value is -1.30. The minimum atomic E-state index is -0.781. The molecule has 1 saturated heterocycles. The lowest BCUT2D eigenvalue weighted by molar-refractivity contribution is -0.144. The Balaban J connectivity index is 2.08. The van der Waals surface area contributed by atoms with Gasteiger partial charge in [0.2, 0.25) is 5.91 Å². The number of amidine groups is 1. The van der Waals surface area contributed by atoms with Crippen molar-refractivity contribution in [3.63, 3.8) is 0 Å². The van der Waals surface area contributed by atoms with Crippen molar-refractivity contribution in [2.24, 2.45) is 16.3 Å². The van der Waals surface area contributed by atoms with E-state index in [-0.39, 0.29) is 17.8 Å². The van der Waals surface area contributed by atoms with Crippen molar-refractivity contribution in [1.82, 2.24) is 4.90 Å². The van der Waals surface area contributed by atoms with Crippen LogP contribution in [-0.4, -0.2) is 46.1 Å². The molecular formula is C11H19N3O3. The monoisotopic (exact) mass is 241 g/mol. The van der Waals surface area contributed by atoms with Gasteiger partial charge in [0.25, 0.3) is 0 Å². The van der Waals surface area contributed by atoms with E-state index in [0.717, 1.165) is 6.42 Å². The number of piperidine rings is 1. The molecule has 0 spiro atoms. The molecule has 1 aliphatic carbocycles. The molecule has 0 aromatic carbocycles. The maximum Gasteiger partial charge on any atom is 0.236 e. The lowest BCUT2D eigenvalue weighted by atomic mass is 9.66. The van der Waals surface area contributed by atoms with Gasteiger partial charge < -0.3 is 20.9 Å². The molecule has 17 heavy (non-hydrogen) atoms. The zero-order valence-electron chi connectivity index (χ0n) is 9.80. The molecule has 0 atom stereocenters. The Bertz CT molecular complexity index is 331. The smallest absolute Gasteiger partial charge is 0.236 e. The fraction of sp³-hybridized carbons (Fsp3) is 0.818. The highest BCUT2D eigenvalue weighted by molar-refractivity contribution is 6.07. The van der Waals surface area contributed by atoms with Gasteiger partial charge in [-0.05, 0) is 25.7 Å². The van der Waals surface area contributed by atoms with Crippen LogP contribution in [0.1, 0.15) is 32.1 Å². The molecule has 1 aliphatic heterocycles. The first-order chi connectivity index (χ1) is 8.10. The van der Waals surface area contributed by atoms with Crippen molar-refractivity contribution in [1.29, 1.82) is 0 Å². The number of carbonyl (C=O) groups excluding carboxylic acids is 1. The van der Waals surface area contributed by atoms with Gasteiger partial charge in [-0.3, -0.25) is 4.79 Å². The number of rotatable bonds is 2. The van der Waals surface area contributed by atoms with E-state index in [4.69, 9.17) is 10.9 Å². The molecule has 0 radical (unpaired) electrons. The Kier molecular flexibility index (Phi) is 3.24. The van der Waals surface area contributed by atoms with Gasteiger partial charge in [-0.25, -0.2) is 0 Å². The molecule has 4 N–H and O–H groups in total. The SMILES string of the molecule is NC(=NO)C1(C(=O)N2CCC(O)CC2)CCC1. The lowest BCUT2D eigenvalue weighted by Gasteiger charge is -2.43. The van der Waals surface area contributed by atoms with E-state index in [1.807, 2.05) is 0 Å². The van der Waals surface area contributed by atoms with Crippen LogP contribution in [0.5, 0.6) is 0 Å². The summed E-state index contributed by atoms with van der Waals surface area (Å²) < 4.78 is 0. The van der Waals surface area contributed by atoms with Crippen LogP contribution < -0.4 is 5.73 Å². The molecule has 1 heterocycles. The molecule has 2 fully saturated rings. The summed E-state index contributed by atoms with van der Waals surface area (Å²) in [5.74, 6) is -0.0224. The molecular weight excluding hydrogens is 222 g/mol. The number of aliphatic hydroxyl groups is 1. The van der Waals surface area contributed by atoms with E-state index in [1.54, 1.807) is 4.90 Å². The summed E-state index contributed by atoms with van der Waals surface area (Å²) in [6, 6.07) is 0. The quantitative estimate of drug-likeness (QED) is 0.272. The van der Waals surface area contributed by atoms with Crippen LogP contribution in [0.2, 0.25) is 0 Å². The molecule has 0 aromatic rings. The largest absolute Gasteiger partial charge is 0.409 e. The van der Waals surface area contributed by atoms with Crippen LogP contribution in [0.25, 0.3) is 0 Å². The van der Waals surface area contributed by atoms with Gasteiger partial charge in [-0.15, -0.1) is 0 Å².